The molecule has 2 N–H and O–H groups in total. The van der Waals surface area contributed by atoms with Crippen molar-refractivity contribution in [3.63, 3.8) is 0 Å². The first-order valence-corrected chi connectivity index (χ1v) is 13.4. The number of carbonyl (C=O) groups is 3. The number of thioether (sulfide) groups is 1. The Bertz CT molecular complexity index is 1410. The maximum absolute atomic E-state index is 13.1. The van der Waals surface area contributed by atoms with Gasteiger partial charge in [-0.1, -0.05) is 46.6 Å². The Morgan fingerprint density at radius 3 is 2.35 bits per heavy atom. The molecule has 0 fully saturated rings. The van der Waals surface area contributed by atoms with Crippen molar-refractivity contribution in [1.82, 2.24) is 5.32 Å². The first-order valence-electron chi connectivity index (χ1n) is 11.3. The predicted octanol–water partition coefficient (Wildman–Crippen LogP) is 6.17. The molecule has 0 spiro atoms. The number of halogens is 6. The Balaban J connectivity index is 1.94. The van der Waals surface area contributed by atoms with Crippen molar-refractivity contribution in [2.75, 3.05) is 24.8 Å². The van der Waals surface area contributed by atoms with Gasteiger partial charge in [0.2, 0.25) is 11.8 Å². The third kappa shape index (κ3) is 6.96. The number of esters is 1. The zero-order valence-corrected chi connectivity index (χ0v) is 23.7. The summed E-state index contributed by atoms with van der Waals surface area (Å²) in [6.45, 7) is 1.98. The van der Waals surface area contributed by atoms with Gasteiger partial charge in [-0.3, -0.25) is 14.4 Å². The van der Waals surface area contributed by atoms with E-state index in [4.69, 9.17) is 44.3 Å². The summed E-state index contributed by atoms with van der Waals surface area (Å²) in [7, 11) is 1.08. The van der Waals surface area contributed by atoms with Gasteiger partial charge in [-0.25, -0.2) is 0 Å². The monoisotopic (exact) mass is 635 g/mol. The van der Waals surface area contributed by atoms with E-state index < -0.39 is 52.1 Å². The van der Waals surface area contributed by atoms with Crippen LogP contribution in [-0.4, -0.2) is 37.3 Å². The maximum Gasteiger partial charge on any atom is 0.417 e. The summed E-state index contributed by atoms with van der Waals surface area (Å²) in [4.78, 5) is 38.2. The number of allylic oxidation sites excluding steroid dienone is 1. The van der Waals surface area contributed by atoms with Gasteiger partial charge in [-0.15, -0.1) is 0 Å². The number of methoxy groups -OCH3 is 1. The highest BCUT2D eigenvalue weighted by Crippen LogP contribution is 2.44. The summed E-state index contributed by atoms with van der Waals surface area (Å²) in [5, 5.41) is 14.4. The van der Waals surface area contributed by atoms with Gasteiger partial charge in [0.25, 0.3) is 0 Å². The minimum Gasteiger partial charge on any atom is -0.491 e. The molecule has 2 atom stereocenters. The Kier molecular flexibility index (Phi) is 10.2. The molecule has 3 rings (SSSR count). The second kappa shape index (κ2) is 13.0. The van der Waals surface area contributed by atoms with Crippen LogP contribution in [0.1, 0.15) is 24.0 Å². The molecule has 0 aromatic heterocycles. The molecule has 1 heterocycles. The molecule has 0 unspecified atom stereocenters. The zero-order valence-electron chi connectivity index (χ0n) is 20.6. The lowest BCUT2D eigenvalue weighted by molar-refractivity contribution is -0.150. The number of carbonyl (C=O) groups excluding carboxylic acids is 3. The number of hydrogen-bond acceptors (Lipinski definition) is 7. The lowest BCUT2D eigenvalue weighted by Gasteiger charge is -2.31. The average Bonchev–Trinajstić information content (AvgIpc) is 2.89. The molecule has 1 aliphatic heterocycles. The number of nitrogens with one attached hydrogen (secondary N) is 2. The van der Waals surface area contributed by atoms with Crippen molar-refractivity contribution in [2.45, 2.75) is 19.0 Å². The molecule has 0 saturated heterocycles. The Morgan fingerprint density at radius 1 is 1.15 bits per heavy atom. The summed E-state index contributed by atoms with van der Waals surface area (Å²) in [5.74, 6) is -5.39. The van der Waals surface area contributed by atoms with Crippen LogP contribution in [0.4, 0.5) is 18.9 Å². The highest BCUT2D eigenvalue weighted by molar-refractivity contribution is 8.03. The molecular formula is C25H19Cl3F3N3O5S. The summed E-state index contributed by atoms with van der Waals surface area (Å²) in [5.41, 5.74) is -1.14. The number of hydrogen-bond donors (Lipinski definition) is 2. The lowest BCUT2D eigenvalue weighted by Crippen LogP contribution is -2.44. The van der Waals surface area contributed by atoms with Crippen LogP contribution in [0.5, 0.6) is 5.75 Å². The number of rotatable bonds is 8. The molecule has 1 aliphatic rings. The molecule has 0 radical (unpaired) electrons. The van der Waals surface area contributed by atoms with Gasteiger partial charge in [0.05, 0.1) is 56.8 Å². The van der Waals surface area contributed by atoms with Crippen molar-refractivity contribution in [3.8, 4) is 11.8 Å². The van der Waals surface area contributed by atoms with E-state index in [0.717, 1.165) is 24.9 Å². The maximum atomic E-state index is 13.1. The number of nitriles is 1. The van der Waals surface area contributed by atoms with Gasteiger partial charge < -0.3 is 20.1 Å². The van der Waals surface area contributed by atoms with Crippen molar-refractivity contribution < 1.29 is 37.0 Å². The van der Waals surface area contributed by atoms with Crippen molar-refractivity contribution in [3.05, 3.63) is 67.1 Å². The number of ether oxygens (including phenoxy) is 2. The Morgan fingerprint density at radius 2 is 1.80 bits per heavy atom. The molecule has 0 bridgehead atoms. The second-order valence-corrected chi connectivity index (χ2v) is 10.3. The highest BCUT2D eigenvalue weighted by Gasteiger charge is 2.45. The summed E-state index contributed by atoms with van der Waals surface area (Å²) < 4.78 is 49.6. The van der Waals surface area contributed by atoms with Gasteiger partial charge in [0.1, 0.15) is 5.92 Å². The van der Waals surface area contributed by atoms with E-state index in [9.17, 15) is 32.8 Å². The Labute approximate surface area is 245 Å². The smallest absolute Gasteiger partial charge is 0.417 e. The van der Waals surface area contributed by atoms with Crippen molar-refractivity contribution in [1.29, 1.82) is 5.26 Å². The van der Waals surface area contributed by atoms with Crippen LogP contribution in [0.15, 0.2) is 40.9 Å². The van der Waals surface area contributed by atoms with Crippen LogP contribution in [-0.2, 0) is 25.3 Å². The third-order valence-electron chi connectivity index (χ3n) is 5.56. The molecule has 2 aromatic rings. The van der Waals surface area contributed by atoms with Gasteiger partial charge in [0.15, 0.2) is 5.75 Å². The van der Waals surface area contributed by atoms with Crippen molar-refractivity contribution >= 4 is 70.0 Å². The minimum atomic E-state index is -4.73. The van der Waals surface area contributed by atoms with Crippen LogP contribution < -0.4 is 15.4 Å². The Hall–Kier alpha value is -3.11. The lowest BCUT2D eigenvalue weighted by atomic mass is 9.78. The SMILES string of the molecule is CCOc1c(Cl)cc([C@H]2C(C#N)=C(SCC(=O)Nc3ccc(Cl)c(C(F)(F)F)c3)NC(=O)[C@H]2C(=O)OC)cc1Cl. The number of anilines is 1. The van der Waals surface area contributed by atoms with Crippen LogP contribution in [0.3, 0.4) is 0 Å². The normalized spacial score (nSPS) is 17.1. The van der Waals surface area contributed by atoms with E-state index in [0.29, 0.717) is 6.07 Å². The van der Waals surface area contributed by atoms with Crippen LogP contribution in [0, 0.1) is 17.2 Å². The summed E-state index contributed by atoms with van der Waals surface area (Å²) in [6.07, 6.45) is -4.73. The molecule has 2 amide bonds. The van der Waals surface area contributed by atoms with Gasteiger partial charge in [-0.2, -0.15) is 18.4 Å². The largest absolute Gasteiger partial charge is 0.491 e. The van der Waals surface area contributed by atoms with Crippen LogP contribution in [0.25, 0.3) is 0 Å². The molecule has 8 nitrogen and oxygen atoms in total. The molecule has 0 aliphatic carbocycles. The van der Waals surface area contributed by atoms with Crippen LogP contribution in [0.2, 0.25) is 15.1 Å². The summed E-state index contributed by atoms with van der Waals surface area (Å²) in [6, 6.07) is 7.65. The number of alkyl halides is 3. The fraction of sp³-hybridized carbons (Fsp3) is 0.280. The minimum absolute atomic E-state index is 0.0407. The number of benzene rings is 2. The molecule has 15 heteroatoms. The van der Waals surface area contributed by atoms with E-state index in [1.165, 1.54) is 18.2 Å². The first kappa shape index (κ1) is 31.4. The predicted molar refractivity (Wildman–Crippen MR) is 144 cm³/mol. The van der Waals surface area contributed by atoms with E-state index in [1.54, 1.807) is 6.92 Å². The van der Waals surface area contributed by atoms with Crippen LogP contribution >= 0.6 is 46.6 Å². The fourth-order valence-corrected chi connectivity index (χ4v) is 5.56. The molecular weight excluding hydrogens is 618 g/mol. The first-order chi connectivity index (χ1) is 18.8. The quantitative estimate of drug-likeness (QED) is 0.263. The third-order valence-corrected chi connectivity index (χ3v) is 7.46. The average molecular weight is 637 g/mol. The standard InChI is InChI=1S/C25H19Cl3F3N3O5S/c1-3-39-21-16(27)6-11(7-17(21)28)19-13(9-32)23(34-22(36)20(19)24(37)38-2)40-10-18(35)33-12-4-5-15(26)14(8-12)25(29,30)31/h4-8,19-20H,3,10H2,1-2H3,(H,33,35)(H,34,36)/t19-,20-/m0/s1. The number of amides is 2. The fourth-order valence-electron chi connectivity index (χ4n) is 3.88. The highest BCUT2D eigenvalue weighted by atomic mass is 35.5. The molecule has 0 saturated carbocycles. The number of nitrogens with zero attached hydrogens (tertiary/aromatic N) is 1. The van der Waals surface area contributed by atoms with Crippen molar-refractivity contribution in [2.24, 2.45) is 5.92 Å². The molecule has 40 heavy (non-hydrogen) atoms. The van der Waals surface area contributed by atoms with E-state index in [-0.39, 0.29) is 44.3 Å². The zero-order chi connectivity index (χ0) is 29.8. The topological polar surface area (TPSA) is 118 Å². The molecule has 2 aromatic carbocycles. The summed E-state index contributed by atoms with van der Waals surface area (Å²) >= 11 is 19.0. The van der Waals surface area contributed by atoms with Gasteiger partial charge in [-0.05, 0) is 42.8 Å². The molecule has 212 valence electrons. The second-order valence-electron chi connectivity index (χ2n) is 8.10. The van der Waals surface area contributed by atoms with Gasteiger partial charge in [0, 0.05) is 11.6 Å². The van der Waals surface area contributed by atoms with Gasteiger partial charge >= 0.3 is 12.1 Å². The van der Waals surface area contributed by atoms with E-state index >= 15 is 0 Å². The van der Waals surface area contributed by atoms with E-state index in [2.05, 4.69) is 10.6 Å². The van der Waals surface area contributed by atoms with E-state index in [1.807, 2.05) is 6.07 Å².